The zero-order chi connectivity index (χ0) is 13.8. The maximum Gasteiger partial charge on any atom is 0.254 e. The van der Waals surface area contributed by atoms with Gasteiger partial charge in [0.25, 0.3) is 5.91 Å². The van der Waals surface area contributed by atoms with Crippen molar-refractivity contribution in [3.8, 4) is 0 Å². The van der Waals surface area contributed by atoms with Crippen LogP contribution in [-0.4, -0.2) is 48.9 Å². The minimum Gasteiger partial charge on any atom is -0.399 e. The molecular weight excluding hydrogens is 306 g/mol. The standard InChI is InChI=1S/C14H20BrN3O/c1-17(8-9-18-6-2-3-7-18)14(19)12-10-11(16)4-5-13(12)15/h4-5,10H,2-3,6-9,16H2,1H3. The first-order valence-electron chi connectivity index (χ1n) is 6.61. The van der Waals surface area contributed by atoms with Crippen LogP contribution in [0.25, 0.3) is 0 Å². The van der Waals surface area contributed by atoms with E-state index in [1.807, 2.05) is 13.1 Å². The van der Waals surface area contributed by atoms with Crippen LogP contribution < -0.4 is 5.73 Å². The predicted octanol–water partition coefficient (Wildman–Crippen LogP) is 2.20. The number of carbonyl (C=O) groups excluding carboxylic acids is 1. The fraction of sp³-hybridized carbons (Fsp3) is 0.500. The molecular formula is C14H20BrN3O. The molecule has 0 bridgehead atoms. The van der Waals surface area contributed by atoms with Crippen LogP contribution in [0.5, 0.6) is 0 Å². The summed E-state index contributed by atoms with van der Waals surface area (Å²) < 4.78 is 0.791. The van der Waals surface area contributed by atoms with Gasteiger partial charge in [-0.2, -0.15) is 0 Å². The van der Waals surface area contributed by atoms with Crippen LogP contribution in [0.1, 0.15) is 23.2 Å². The van der Waals surface area contributed by atoms with Gasteiger partial charge in [0.15, 0.2) is 0 Å². The number of anilines is 1. The first kappa shape index (κ1) is 14.3. The van der Waals surface area contributed by atoms with Gasteiger partial charge < -0.3 is 15.5 Å². The molecule has 19 heavy (non-hydrogen) atoms. The lowest BCUT2D eigenvalue weighted by Gasteiger charge is -2.22. The summed E-state index contributed by atoms with van der Waals surface area (Å²) in [5.74, 6) is 0.0124. The first-order chi connectivity index (χ1) is 9.08. The van der Waals surface area contributed by atoms with Gasteiger partial charge in [-0.25, -0.2) is 0 Å². The van der Waals surface area contributed by atoms with E-state index in [-0.39, 0.29) is 5.91 Å². The summed E-state index contributed by atoms with van der Waals surface area (Å²) in [5.41, 5.74) is 6.98. The maximum atomic E-state index is 12.3. The molecule has 2 rings (SSSR count). The van der Waals surface area contributed by atoms with Crippen molar-refractivity contribution < 1.29 is 4.79 Å². The highest BCUT2D eigenvalue weighted by atomic mass is 79.9. The van der Waals surface area contributed by atoms with Crippen LogP contribution in [0.3, 0.4) is 0 Å². The van der Waals surface area contributed by atoms with Gasteiger partial charge in [0.1, 0.15) is 0 Å². The number of likely N-dealkylation sites (tertiary alicyclic amines) is 1. The van der Waals surface area contributed by atoms with Crippen molar-refractivity contribution in [1.29, 1.82) is 0 Å². The molecule has 0 unspecified atom stereocenters. The van der Waals surface area contributed by atoms with Gasteiger partial charge in [-0.15, -0.1) is 0 Å². The summed E-state index contributed by atoms with van der Waals surface area (Å²) >= 11 is 3.40. The van der Waals surface area contributed by atoms with Crippen LogP contribution in [0.4, 0.5) is 5.69 Å². The van der Waals surface area contributed by atoms with E-state index in [0.717, 1.165) is 30.7 Å². The van der Waals surface area contributed by atoms with E-state index in [2.05, 4.69) is 20.8 Å². The molecule has 1 amide bonds. The third-order valence-corrected chi connectivity index (χ3v) is 4.21. The summed E-state index contributed by atoms with van der Waals surface area (Å²) in [4.78, 5) is 16.5. The number of rotatable bonds is 4. The lowest BCUT2D eigenvalue weighted by atomic mass is 10.2. The highest BCUT2D eigenvalue weighted by Gasteiger charge is 2.17. The monoisotopic (exact) mass is 325 g/mol. The van der Waals surface area contributed by atoms with Crippen LogP contribution in [0.15, 0.2) is 22.7 Å². The summed E-state index contributed by atoms with van der Waals surface area (Å²) in [6.07, 6.45) is 2.55. The molecule has 1 aliphatic heterocycles. The molecule has 1 fully saturated rings. The topological polar surface area (TPSA) is 49.6 Å². The fourth-order valence-electron chi connectivity index (χ4n) is 2.31. The van der Waals surface area contributed by atoms with Crippen molar-refractivity contribution in [2.24, 2.45) is 0 Å². The zero-order valence-electron chi connectivity index (χ0n) is 11.2. The second-order valence-corrected chi connectivity index (χ2v) is 5.87. The SMILES string of the molecule is CN(CCN1CCCC1)C(=O)c1cc(N)ccc1Br. The van der Waals surface area contributed by atoms with E-state index in [0.29, 0.717) is 11.3 Å². The van der Waals surface area contributed by atoms with Crippen molar-refractivity contribution in [3.63, 3.8) is 0 Å². The molecule has 1 heterocycles. The molecule has 0 saturated carbocycles. The third-order valence-electron chi connectivity index (χ3n) is 3.52. The molecule has 1 saturated heterocycles. The van der Waals surface area contributed by atoms with Gasteiger partial charge >= 0.3 is 0 Å². The lowest BCUT2D eigenvalue weighted by Crippen LogP contribution is -2.35. The molecule has 0 radical (unpaired) electrons. The number of amides is 1. The molecule has 1 aromatic carbocycles. The van der Waals surface area contributed by atoms with Crippen LogP contribution in [0.2, 0.25) is 0 Å². The average molecular weight is 326 g/mol. The zero-order valence-corrected chi connectivity index (χ0v) is 12.8. The quantitative estimate of drug-likeness (QED) is 0.863. The number of carbonyl (C=O) groups is 1. The first-order valence-corrected chi connectivity index (χ1v) is 7.40. The maximum absolute atomic E-state index is 12.3. The number of hydrogen-bond acceptors (Lipinski definition) is 3. The second kappa shape index (κ2) is 6.39. The Morgan fingerprint density at radius 3 is 2.79 bits per heavy atom. The van der Waals surface area contributed by atoms with E-state index in [4.69, 9.17) is 5.73 Å². The van der Waals surface area contributed by atoms with E-state index in [1.165, 1.54) is 12.8 Å². The second-order valence-electron chi connectivity index (χ2n) is 5.01. The fourth-order valence-corrected chi connectivity index (χ4v) is 2.73. The Kier molecular flexibility index (Phi) is 4.82. The number of halogens is 1. The van der Waals surface area contributed by atoms with Crippen molar-refractivity contribution in [1.82, 2.24) is 9.80 Å². The van der Waals surface area contributed by atoms with E-state index in [9.17, 15) is 4.79 Å². The number of nitrogens with zero attached hydrogens (tertiary/aromatic N) is 2. The number of hydrogen-bond donors (Lipinski definition) is 1. The number of nitrogens with two attached hydrogens (primary N) is 1. The molecule has 1 aliphatic rings. The molecule has 0 spiro atoms. The van der Waals surface area contributed by atoms with Gasteiger partial charge in [0.2, 0.25) is 0 Å². The Morgan fingerprint density at radius 2 is 2.11 bits per heavy atom. The number of likely N-dealkylation sites (N-methyl/N-ethyl adjacent to an activating group) is 1. The van der Waals surface area contributed by atoms with E-state index < -0.39 is 0 Å². The lowest BCUT2D eigenvalue weighted by molar-refractivity contribution is 0.0781. The molecule has 0 aliphatic carbocycles. The van der Waals surface area contributed by atoms with Crippen molar-refractivity contribution >= 4 is 27.5 Å². The van der Waals surface area contributed by atoms with E-state index in [1.54, 1.807) is 17.0 Å². The number of benzene rings is 1. The van der Waals surface area contributed by atoms with Gasteiger partial charge in [0.05, 0.1) is 5.56 Å². The van der Waals surface area contributed by atoms with Gasteiger partial charge in [-0.3, -0.25) is 4.79 Å². The van der Waals surface area contributed by atoms with Gasteiger partial charge in [-0.1, -0.05) is 0 Å². The van der Waals surface area contributed by atoms with Gasteiger partial charge in [0, 0.05) is 30.3 Å². The minimum absolute atomic E-state index is 0.0124. The predicted molar refractivity (Wildman–Crippen MR) is 81.2 cm³/mol. The van der Waals surface area contributed by atoms with Crippen LogP contribution >= 0.6 is 15.9 Å². The largest absolute Gasteiger partial charge is 0.399 e. The average Bonchev–Trinajstić information content (AvgIpc) is 2.91. The molecule has 0 atom stereocenters. The summed E-state index contributed by atoms with van der Waals surface area (Å²) in [5, 5.41) is 0. The smallest absolute Gasteiger partial charge is 0.254 e. The summed E-state index contributed by atoms with van der Waals surface area (Å²) in [6, 6.07) is 5.32. The highest BCUT2D eigenvalue weighted by molar-refractivity contribution is 9.10. The molecule has 4 nitrogen and oxygen atoms in total. The van der Waals surface area contributed by atoms with Crippen LogP contribution in [-0.2, 0) is 0 Å². The van der Waals surface area contributed by atoms with Crippen LogP contribution in [0, 0.1) is 0 Å². The number of nitrogen functional groups attached to an aromatic ring is 1. The molecule has 5 heteroatoms. The minimum atomic E-state index is 0.0124. The molecule has 104 valence electrons. The van der Waals surface area contributed by atoms with E-state index >= 15 is 0 Å². The summed E-state index contributed by atoms with van der Waals surface area (Å²) in [6.45, 7) is 4.01. The van der Waals surface area contributed by atoms with Crippen molar-refractivity contribution in [3.05, 3.63) is 28.2 Å². The molecule has 0 aromatic heterocycles. The highest BCUT2D eigenvalue weighted by Crippen LogP contribution is 2.21. The van der Waals surface area contributed by atoms with Gasteiger partial charge in [-0.05, 0) is 60.1 Å². The Balaban J connectivity index is 1.95. The Hall–Kier alpha value is -1.07. The Bertz CT molecular complexity index is 458. The Morgan fingerprint density at radius 1 is 1.42 bits per heavy atom. The van der Waals surface area contributed by atoms with Crippen molar-refractivity contribution in [2.75, 3.05) is 39.0 Å². The molecule has 1 aromatic rings. The molecule has 2 N–H and O–H groups in total. The van der Waals surface area contributed by atoms with Crippen molar-refractivity contribution in [2.45, 2.75) is 12.8 Å². The summed E-state index contributed by atoms with van der Waals surface area (Å²) in [7, 11) is 1.84. The third kappa shape index (κ3) is 3.70. The normalized spacial score (nSPS) is 15.7. The Labute approximate surface area is 122 Å².